The predicted octanol–water partition coefficient (Wildman–Crippen LogP) is 3.45. The van der Waals surface area contributed by atoms with Crippen LogP contribution >= 0.6 is 27.5 Å². The topological polar surface area (TPSA) is 23.5 Å². The third kappa shape index (κ3) is 3.68. The fraction of sp³-hybridized carbons (Fsp3) is 0.538. The van der Waals surface area contributed by atoms with Gasteiger partial charge in [-0.3, -0.25) is 4.90 Å². The summed E-state index contributed by atoms with van der Waals surface area (Å²) in [5.41, 5.74) is 0.563. The fourth-order valence-corrected chi connectivity index (χ4v) is 3.08. The maximum absolute atomic E-state index is 10.1. The van der Waals surface area contributed by atoms with Crippen molar-refractivity contribution in [3.8, 4) is 0 Å². The number of hydrogen-bond donors (Lipinski definition) is 1. The molecular weight excluding hydrogens is 302 g/mol. The van der Waals surface area contributed by atoms with Crippen molar-refractivity contribution in [1.29, 1.82) is 0 Å². The van der Waals surface area contributed by atoms with Crippen molar-refractivity contribution in [2.45, 2.75) is 31.9 Å². The molecule has 4 heteroatoms. The van der Waals surface area contributed by atoms with E-state index in [2.05, 4.69) is 20.8 Å². The highest BCUT2D eigenvalue weighted by Gasteiger charge is 2.28. The van der Waals surface area contributed by atoms with Gasteiger partial charge >= 0.3 is 0 Å². The highest BCUT2D eigenvalue weighted by atomic mass is 79.9. The molecule has 1 saturated heterocycles. The number of nitrogens with zero attached hydrogens (tertiary/aromatic N) is 1. The summed E-state index contributed by atoms with van der Waals surface area (Å²) in [5.74, 6) is 0. The summed E-state index contributed by atoms with van der Waals surface area (Å²) in [4.78, 5) is 2.26. The van der Waals surface area contributed by atoms with Gasteiger partial charge < -0.3 is 5.11 Å². The van der Waals surface area contributed by atoms with Gasteiger partial charge in [0.25, 0.3) is 0 Å². The Hall–Kier alpha value is -0.0900. The van der Waals surface area contributed by atoms with Crippen molar-refractivity contribution in [2.24, 2.45) is 0 Å². The molecule has 1 aromatic carbocycles. The standard InChI is InChI=1S/C13H17BrClNO/c1-13(17)5-2-6-16(9-13)8-10-3-4-11(14)7-12(10)15/h3-4,7,17H,2,5-6,8-9H2,1H3. The van der Waals surface area contributed by atoms with Gasteiger partial charge in [0, 0.05) is 22.6 Å². The Morgan fingerprint density at radius 1 is 1.53 bits per heavy atom. The van der Waals surface area contributed by atoms with Crippen LogP contribution in [0.5, 0.6) is 0 Å². The van der Waals surface area contributed by atoms with Gasteiger partial charge in [-0.05, 0) is 44.0 Å². The van der Waals surface area contributed by atoms with Crippen molar-refractivity contribution in [2.75, 3.05) is 13.1 Å². The molecular formula is C13H17BrClNO. The van der Waals surface area contributed by atoms with E-state index < -0.39 is 5.60 Å². The Morgan fingerprint density at radius 3 is 2.94 bits per heavy atom. The molecule has 1 unspecified atom stereocenters. The second-order valence-electron chi connectivity index (χ2n) is 5.05. The fourth-order valence-electron chi connectivity index (χ4n) is 2.35. The van der Waals surface area contributed by atoms with Gasteiger partial charge in [0.1, 0.15) is 0 Å². The lowest BCUT2D eigenvalue weighted by molar-refractivity contribution is -0.0181. The summed E-state index contributed by atoms with van der Waals surface area (Å²) >= 11 is 9.60. The summed E-state index contributed by atoms with van der Waals surface area (Å²) in [5, 5.41) is 10.8. The number of rotatable bonds is 2. The number of β-amino-alcohol motifs (C(OH)–C–C–N with tert-alkyl or cyclic N) is 1. The molecule has 1 aliphatic heterocycles. The second kappa shape index (κ2) is 5.27. The van der Waals surface area contributed by atoms with Gasteiger partial charge in [0.2, 0.25) is 0 Å². The third-order valence-corrected chi connectivity index (χ3v) is 4.01. The largest absolute Gasteiger partial charge is 0.389 e. The quantitative estimate of drug-likeness (QED) is 0.903. The van der Waals surface area contributed by atoms with E-state index in [1.165, 1.54) is 0 Å². The van der Waals surface area contributed by atoms with E-state index in [4.69, 9.17) is 11.6 Å². The molecule has 0 radical (unpaired) electrons. The minimum atomic E-state index is -0.555. The number of halogens is 2. The Bertz CT molecular complexity index is 408. The molecule has 1 aromatic rings. The van der Waals surface area contributed by atoms with Crippen LogP contribution in [-0.2, 0) is 6.54 Å². The lowest BCUT2D eigenvalue weighted by Gasteiger charge is -2.37. The SMILES string of the molecule is CC1(O)CCCN(Cc2ccc(Br)cc2Cl)C1. The van der Waals surface area contributed by atoms with Crippen LogP contribution in [0.3, 0.4) is 0 Å². The van der Waals surface area contributed by atoms with Gasteiger partial charge in [-0.15, -0.1) is 0 Å². The maximum Gasteiger partial charge on any atom is 0.0746 e. The molecule has 0 aliphatic carbocycles. The summed E-state index contributed by atoms with van der Waals surface area (Å²) in [7, 11) is 0. The normalized spacial score (nSPS) is 26.1. The van der Waals surface area contributed by atoms with Crippen molar-refractivity contribution in [3.63, 3.8) is 0 Å². The number of hydrogen-bond acceptors (Lipinski definition) is 2. The van der Waals surface area contributed by atoms with E-state index in [9.17, 15) is 5.11 Å². The van der Waals surface area contributed by atoms with Crippen molar-refractivity contribution >= 4 is 27.5 Å². The number of piperidine rings is 1. The van der Waals surface area contributed by atoms with Crippen LogP contribution < -0.4 is 0 Å². The first-order chi connectivity index (χ1) is 7.96. The van der Waals surface area contributed by atoms with E-state index in [1.807, 2.05) is 25.1 Å². The number of benzene rings is 1. The van der Waals surface area contributed by atoms with Crippen LogP contribution in [0.4, 0.5) is 0 Å². The van der Waals surface area contributed by atoms with Crippen LogP contribution in [0.1, 0.15) is 25.3 Å². The van der Waals surface area contributed by atoms with Gasteiger partial charge in [0.05, 0.1) is 5.60 Å². The van der Waals surface area contributed by atoms with Crippen molar-refractivity contribution in [3.05, 3.63) is 33.3 Å². The Balaban J connectivity index is 2.05. The van der Waals surface area contributed by atoms with Crippen LogP contribution in [-0.4, -0.2) is 28.7 Å². The Kier molecular flexibility index (Phi) is 4.14. The zero-order valence-corrected chi connectivity index (χ0v) is 12.3. The van der Waals surface area contributed by atoms with Crippen LogP contribution in [0.15, 0.2) is 22.7 Å². The molecule has 2 rings (SSSR count). The average molecular weight is 319 g/mol. The molecule has 1 N–H and O–H groups in total. The zero-order valence-electron chi connectivity index (χ0n) is 9.92. The minimum Gasteiger partial charge on any atom is -0.389 e. The van der Waals surface area contributed by atoms with Crippen molar-refractivity contribution < 1.29 is 5.11 Å². The van der Waals surface area contributed by atoms with Crippen molar-refractivity contribution in [1.82, 2.24) is 4.90 Å². The first kappa shape index (κ1) is 13.3. The smallest absolute Gasteiger partial charge is 0.0746 e. The maximum atomic E-state index is 10.1. The molecule has 0 aromatic heterocycles. The van der Waals surface area contributed by atoms with Gasteiger partial charge in [0.15, 0.2) is 0 Å². The number of aliphatic hydroxyl groups is 1. The van der Waals surface area contributed by atoms with E-state index >= 15 is 0 Å². The molecule has 0 bridgehead atoms. The summed E-state index contributed by atoms with van der Waals surface area (Å²) in [6.07, 6.45) is 1.93. The lowest BCUT2D eigenvalue weighted by Crippen LogP contribution is -2.45. The molecule has 94 valence electrons. The minimum absolute atomic E-state index is 0.555. The number of likely N-dealkylation sites (tertiary alicyclic amines) is 1. The summed E-state index contributed by atoms with van der Waals surface area (Å²) in [6.45, 7) is 4.46. The molecule has 2 nitrogen and oxygen atoms in total. The lowest BCUT2D eigenvalue weighted by atomic mass is 9.95. The average Bonchev–Trinajstić information content (AvgIpc) is 2.21. The first-order valence-electron chi connectivity index (χ1n) is 5.85. The highest BCUT2D eigenvalue weighted by Crippen LogP contribution is 2.26. The molecule has 0 saturated carbocycles. The molecule has 1 atom stereocenters. The Morgan fingerprint density at radius 2 is 2.29 bits per heavy atom. The van der Waals surface area contributed by atoms with Crippen LogP contribution in [0, 0.1) is 0 Å². The van der Waals surface area contributed by atoms with Gasteiger partial charge in [-0.1, -0.05) is 33.6 Å². The third-order valence-electron chi connectivity index (χ3n) is 3.16. The molecule has 1 heterocycles. The zero-order chi connectivity index (χ0) is 12.5. The molecule has 1 fully saturated rings. The van der Waals surface area contributed by atoms with E-state index in [-0.39, 0.29) is 0 Å². The van der Waals surface area contributed by atoms with Gasteiger partial charge in [-0.2, -0.15) is 0 Å². The monoisotopic (exact) mass is 317 g/mol. The van der Waals surface area contributed by atoms with Gasteiger partial charge in [-0.25, -0.2) is 0 Å². The van der Waals surface area contributed by atoms with Crippen LogP contribution in [0.2, 0.25) is 5.02 Å². The molecule has 17 heavy (non-hydrogen) atoms. The second-order valence-corrected chi connectivity index (χ2v) is 6.37. The Labute approximate surface area is 116 Å². The van der Waals surface area contributed by atoms with E-state index in [1.54, 1.807) is 0 Å². The molecule has 0 spiro atoms. The predicted molar refractivity (Wildman–Crippen MR) is 74.3 cm³/mol. The summed E-state index contributed by atoms with van der Waals surface area (Å²) in [6, 6.07) is 5.96. The van der Waals surface area contributed by atoms with Crippen LogP contribution in [0.25, 0.3) is 0 Å². The highest BCUT2D eigenvalue weighted by molar-refractivity contribution is 9.10. The summed E-state index contributed by atoms with van der Waals surface area (Å²) < 4.78 is 0.997. The van der Waals surface area contributed by atoms with E-state index in [0.29, 0.717) is 0 Å². The first-order valence-corrected chi connectivity index (χ1v) is 7.02. The molecule has 0 amide bonds. The molecule has 1 aliphatic rings. The van der Waals surface area contributed by atoms with E-state index in [0.717, 1.165) is 47.5 Å².